The molecule has 3 aromatic rings. The molecule has 2 aliphatic rings. The number of carbonyl (C=O) groups excluding carboxylic acids is 1. The van der Waals surface area contributed by atoms with Crippen LogP contribution in [0.1, 0.15) is 47.1 Å². The van der Waals surface area contributed by atoms with Crippen molar-refractivity contribution in [2.75, 3.05) is 5.32 Å². The molecule has 29 heavy (non-hydrogen) atoms. The van der Waals surface area contributed by atoms with Gasteiger partial charge in [-0.15, -0.1) is 0 Å². The van der Waals surface area contributed by atoms with Gasteiger partial charge in [0.15, 0.2) is 5.78 Å². The molecular formula is C23H18BrFN2O2. The van der Waals surface area contributed by atoms with Gasteiger partial charge in [-0.25, -0.2) is 4.39 Å². The molecule has 1 aliphatic heterocycles. The van der Waals surface area contributed by atoms with E-state index in [-0.39, 0.29) is 23.4 Å². The second kappa shape index (κ2) is 6.95. The van der Waals surface area contributed by atoms with Crippen LogP contribution in [0.25, 0.3) is 0 Å². The van der Waals surface area contributed by atoms with Crippen LogP contribution in [0.3, 0.4) is 0 Å². The molecular weight excluding hydrogens is 435 g/mol. The maximum atomic E-state index is 14.3. The van der Waals surface area contributed by atoms with Gasteiger partial charge in [-0.05, 0) is 58.5 Å². The van der Waals surface area contributed by atoms with Gasteiger partial charge in [-0.1, -0.05) is 41.6 Å². The van der Waals surface area contributed by atoms with Crippen LogP contribution in [0, 0.1) is 12.7 Å². The molecule has 0 fully saturated rings. The lowest BCUT2D eigenvalue weighted by molar-refractivity contribution is -0.116. The highest BCUT2D eigenvalue weighted by Gasteiger charge is 2.41. The highest BCUT2D eigenvalue weighted by Crippen LogP contribution is 2.49. The summed E-state index contributed by atoms with van der Waals surface area (Å²) in [7, 11) is 0. The minimum Gasteiger partial charge on any atom is -0.338 e. The lowest BCUT2D eigenvalue weighted by atomic mass is 9.72. The van der Waals surface area contributed by atoms with Crippen molar-refractivity contribution in [3.8, 4) is 0 Å². The Morgan fingerprint density at radius 3 is 2.69 bits per heavy atom. The Bertz CT molecular complexity index is 1150. The normalized spacial score (nSPS) is 20.9. The Hall–Kier alpha value is -2.73. The van der Waals surface area contributed by atoms with E-state index in [2.05, 4.69) is 38.5 Å². The summed E-state index contributed by atoms with van der Waals surface area (Å²) in [5.74, 6) is -0.0327. The van der Waals surface area contributed by atoms with Gasteiger partial charge in [0.2, 0.25) is 5.88 Å². The topological polar surface area (TPSA) is 55.1 Å². The Morgan fingerprint density at radius 2 is 1.93 bits per heavy atom. The van der Waals surface area contributed by atoms with E-state index in [0.29, 0.717) is 34.5 Å². The molecule has 6 heteroatoms. The van der Waals surface area contributed by atoms with Gasteiger partial charge in [-0.2, -0.15) is 0 Å². The summed E-state index contributed by atoms with van der Waals surface area (Å²) >= 11 is 3.21. The van der Waals surface area contributed by atoms with Gasteiger partial charge in [0.05, 0.1) is 15.7 Å². The van der Waals surface area contributed by atoms with Crippen LogP contribution in [-0.4, -0.2) is 10.9 Å². The minimum atomic E-state index is -0.390. The number of rotatable bonds is 2. The smallest absolute Gasteiger partial charge is 0.233 e. The van der Waals surface area contributed by atoms with Gasteiger partial charge >= 0.3 is 0 Å². The average molecular weight is 453 g/mol. The van der Waals surface area contributed by atoms with E-state index in [1.165, 1.54) is 6.07 Å². The van der Waals surface area contributed by atoms with Crippen molar-refractivity contribution >= 4 is 27.6 Å². The molecule has 1 aliphatic carbocycles. The van der Waals surface area contributed by atoms with Crippen molar-refractivity contribution in [3.05, 3.63) is 92.5 Å². The van der Waals surface area contributed by atoms with E-state index >= 15 is 0 Å². The molecule has 146 valence electrons. The molecule has 0 bridgehead atoms. The van der Waals surface area contributed by atoms with E-state index in [1.54, 1.807) is 6.07 Å². The third-order valence-electron chi connectivity index (χ3n) is 5.81. The van der Waals surface area contributed by atoms with Crippen molar-refractivity contribution in [1.82, 2.24) is 5.16 Å². The maximum Gasteiger partial charge on any atom is 0.233 e. The average Bonchev–Trinajstić information content (AvgIpc) is 3.09. The molecule has 1 N–H and O–H groups in total. The molecule has 4 nitrogen and oxygen atoms in total. The number of carbonyl (C=O) groups is 1. The maximum absolute atomic E-state index is 14.3. The number of benzene rings is 2. The Kier molecular flexibility index (Phi) is 4.39. The number of ketones is 1. The van der Waals surface area contributed by atoms with Crippen molar-refractivity contribution in [2.45, 2.75) is 31.6 Å². The van der Waals surface area contributed by atoms with Gasteiger partial charge < -0.3 is 9.84 Å². The quantitative estimate of drug-likeness (QED) is 0.530. The Labute approximate surface area is 175 Å². The predicted molar refractivity (Wildman–Crippen MR) is 111 cm³/mol. The first-order valence-electron chi connectivity index (χ1n) is 9.52. The molecule has 0 saturated carbocycles. The van der Waals surface area contributed by atoms with Crippen LogP contribution in [0.2, 0.25) is 0 Å². The van der Waals surface area contributed by atoms with Crippen LogP contribution < -0.4 is 5.32 Å². The zero-order valence-electron chi connectivity index (χ0n) is 15.7. The van der Waals surface area contributed by atoms with Crippen LogP contribution >= 0.6 is 15.9 Å². The number of Topliss-reactive ketones (excluding diaryl/α,β-unsaturated/α-hetero) is 1. The molecule has 0 saturated heterocycles. The second-order valence-electron chi connectivity index (χ2n) is 7.57. The highest BCUT2D eigenvalue weighted by molar-refractivity contribution is 9.10. The number of hydrogen-bond acceptors (Lipinski definition) is 4. The van der Waals surface area contributed by atoms with Gasteiger partial charge in [0, 0.05) is 23.6 Å². The standard InChI is InChI=1S/C23H18BrFN2O2/c1-12-20-21(14-7-8-16(24)17(25)9-14)22-18(26-23(20)29-27-12)10-15(11-19(22)28)13-5-3-2-4-6-13/h2-9,15,21,26H,10-11H2,1H3/t15-,21-/m1/s1. The number of anilines is 1. The van der Waals surface area contributed by atoms with E-state index in [1.807, 2.05) is 31.2 Å². The molecule has 0 unspecified atom stereocenters. The highest BCUT2D eigenvalue weighted by atomic mass is 79.9. The van der Waals surface area contributed by atoms with Gasteiger partial charge in [0.25, 0.3) is 0 Å². The first kappa shape index (κ1) is 18.3. The first-order chi connectivity index (χ1) is 14.0. The minimum absolute atomic E-state index is 0.0761. The fourth-order valence-corrected chi connectivity index (χ4v) is 4.71. The lowest BCUT2D eigenvalue weighted by Gasteiger charge is -2.34. The summed E-state index contributed by atoms with van der Waals surface area (Å²) in [6, 6.07) is 15.1. The second-order valence-corrected chi connectivity index (χ2v) is 8.43. The van der Waals surface area contributed by atoms with E-state index in [4.69, 9.17) is 4.52 Å². The number of aryl methyl sites for hydroxylation is 1. The van der Waals surface area contributed by atoms with Crippen LogP contribution in [0.15, 0.2) is 68.8 Å². The number of fused-ring (bicyclic) bond motifs is 1. The number of nitrogens with one attached hydrogen (secondary N) is 1. The predicted octanol–water partition coefficient (Wildman–Crippen LogP) is 5.84. The molecule has 0 radical (unpaired) electrons. The van der Waals surface area contributed by atoms with Crippen molar-refractivity contribution in [3.63, 3.8) is 0 Å². The van der Waals surface area contributed by atoms with Crippen LogP contribution in [0.4, 0.5) is 10.3 Å². The SMILES string of the molecule is Cc1noc2c1[C@@H](c1ccc(Br)c(F)c1)C1=C(C[C@@H](c3ccccc3)CC1=O)N2. The summed E-state index contributed by atoms with van der Waals surface area (Å²) in [4.78, 5) is 13.3. The summed E-state index contributed by atoms with van der Waals surface area (Å²) in [5, 5.41) is 7.40. The van der Waals surface area contributed by atoms with E-state index in [0.717, 1.165) is 22.4 Å². The monoisotopic (exact) mass is 452 g/mol. The fraction of sp³-hybridized carbons (Fsp3) is 0.217. The lowest BCUT2D eigenvalue weighted by Crippen LogP contribution is -2.29. The zero-order valence-corrected chi connectivity index (χ0v) is 17.3. The molecule has 5 rings (SSSR count). The van der Waals surface area contributed by atoms with E-state index < -0.39 is 0 Å². The Balaban J connectivity index is 1.64. The van der Waals surface area contributed by atoms with Gasteiger partial charge in [0.1, 0.15) is 5.82 Å². The van der Waals surface area contributed by atoms with Gasteiger partial charge in [-0.3, -0.25) is 4.79 Å². The van der Waals surface area contributed by atoms with Crippen LogP contribution in [0.5, 0.6) is 0 Å². The summed E-state index contributed by atoms with van der Waals surface area (Å²) < 4.78 is 20.2. The van der Waals surface area contributed by atoms with Crippen LogP contribution in [-0.2, 0) is 4.79 Å². The van der Waals surface area contributed by atoms with Crippen molar-refractivity contribution in [2.24, 2.45) is 0 Å². The third-order valence-corrected chi connectivity index (χ3v) is 6.45. The number of aromatic nitrogens is 1. The summed E-state index contributed by atoms with van der Waals surface area (Å²) in [6.07, 6.45) is 1.12. The Morgan fingerprint density at radius 1 is 1.14 bits per heavy atom. The molecule has 2 heterocycles. The molecule has 0 spiro atoms. The fourth-order valence-electron chi connectivity index (χ4n) is 4.46. The third kappa shape index (κ3) is 3.02. The molecule has 2 aromatic carbocycles. The van der Waals surface area contributed by atoms with Crippen molar-refractivity contribution in [1.29, 1.82) is 0 Å². The first-order valence-corrected chi connectivity index (χ1v) is 10.3. The molecule has 1 aromatic heterocycles. The number of allylic oxidation sites excluding steroid dienone is 2. The van der Waals surface area contributed by atoms with Crippen molar-refractivity contribution < 1.29 is 13.7 Å². The molecule has 2 atom stereocenters. The summed E-state index contributed by atoms with van der Waals surface area (Å²) in [6.45, 7) is 1.85. The molecule has 0 amide bonds. The zero-order chi connectivity index (χ0) is 20.1. The number of halogens is 2. The largest absolute Gasteiger partial charge is 0.338 e. The number of hydrogen-bond donors (Lipinski definition) is 1. The number of nitrogens with zero attached hydrogens (tertiary/aromatic N) is 1. The van der Waals surface area contributed by atoms with E-state index in [9.17, 15) is 9.18 Å². The summed E-state index contributed by atoms with van der Waals surface area (Å²) in [5.41, 5.74) is 4.89.